The Kier molecular flexibility index (Phi) is 6.33. The average molecular weight is 310 g/mol. The van der Waals surface area contributed by atoms with Crippen molar-refractivity contribution in [1.82, 2.24) is 0 Å². The Hall–Kier alpha value is -0.290. The van der Waals surface area contributed by atoms with Crippen molar-refractivity contribution in [3.63, 3.8) is 0 Å². The van der Waals surface area contributed by atoms with Crippen LogP contribution in [0.2, 0.25) is 0 Å². The van der Waals surface area contributed by atoms with Crippen molar-refractivity contribution in [2.24, 2.45) is 11.5 Å². The molecule has 1 atom stereocenters. The standard InChI is InChI=1S/C11H17BrN2O.ClH/c1-6-5-9(15)10(7(2)11(6)12)8(14)3-4-13;/h5,8,15H,3-4,13-14H2,1-2H3;1H/t8-;/m0./s1. The van der Waals surface area contributed by atoms with E-state index in [4.69, 9.17) is 11.5 Å². The SMILES string of the molecule is Cc1cc(O)c([C@@H](N)CCN)c(C)c1Br.Cl. The van der Waals surface area contributed by atoms with Crippen molar-refractivity contribution in [3.05, 3.63) is 27.2 Å². The minimum absolute atomic E-state index is 0. The highest BCUT2D eigenvalue weighted by molar-refractivity contribution is 9.10. The molecule has 0 aliphatic rings. The molecule has 0 aliphatic carbocycles. The molecule has 0 saturated carbocycles. The van der Waals surface area contributed by atoms with Crippen LogP contribution < -0.4 is 11.5 Å². The zero-order valence-corrected chi connectivity index (χ0v) is 11.9. The van der Waals surface area contributed by atoms with E-state index < -0.39 is 0 Å². The van der Waals surface area contributed by atoms with Gasteiger partial charge in [0.2, 0.25) is 0 Å². The number of aromatic hydroxyl groups is 1. The highest BCUT2D eigenvalue weighted by atomic mass is 79.9. The molecule has 0 radical (unpaired) electrons. The van der Waals surface area contributed by atoms with Crippen LogP contribution in [0.25, 0.3) is 0 Å². The third-order valence-electron chi connectivity index (χ3n) is 2.56. The monoisotopic (exact) mass is 308 g/mol. The summed E-state index contributed by atoms with van der Waals surface area (Å²) in [5, 5.41) is 9.85. The molecule has 0 amide bonds. The van der Waals surface area contributed by atoms with Crippen LogP contribution in [0.3, 0.4) is 0 Å². The van der Waals surface area contributed by atoms with E-state index in [1.165, 1.54) is 0 Å². The van der Waals surface area contributed by atoms with E-state index in [0.29, 0.717) is 13.0 Å². The zero-order chi connectivity index (χ0) is 11.6. The number of hydrogen-bond acceptors (Lipinski definition) is 3. The third-order valence-corrected chi connectivity index (χ3v) is 3.78. The quantitative estimate of drug-likeness (QED) is 0.803. The largest absolute Gasteiger partial charge is 0.508 e. The molecule has 3 nitrogen and oxygen atoms in total. The first-order valence-electron chi connectivity index (χ1n) is 4.93. The fraction of sp³-hybridized carbons (Fsp3) is 0.455. The predicted octanol–water partition coefficient (Wildman–Crippen LogP) is 2.54. The lowest BCUT2D eigenvalue weighted by atomic mass is 9.96. The van der Waals surface area contributed by atoms with Gasteiger partial charge in [-0.25, -0.2) is 0 Å². The maximum atomic E-state index is 9.85. The number of rotatable bonds is 3. The lowest BCUT2D eigenvalue weighted by Gasteiger charge is -2.18. The predicted molar refractivity (Wildman–Crippen MR) is 73.1 cm³/mol. The lowest BCUT2D eigenvalue weighted by molar-refractivity contribution is 0.457. The first-order valence-corrected chi connectivity index (χ1v) is 5.72. The van der Waals surface area contributed by atoms with E-state index in [0.717, 1.165) is 21.2 Å². The molecule has 0 saturated heterocycles. The summed E-state index contributed by atoms with van der Waals surface area (Å²) < 4.78 is 1.00. The fourth-order valence-electron chi connectivity index (χ4n) is 1.74. The van der Waals surface area contributed by atoms with Gasteiger partial charge in [0.05, 0.1) is 0 Å². The number of benzene rings is 1. The van der Waals surface area contributed by atoms with Gasteiger partial charge in [-0.05, 0) is 44.0 Å². The smallest absolute Gasteiger partial charge is 0.120 e. The first kappa shape index (κ1) is 15.7. The van der Waals surface area contributed by atoms with Crippen molar-refractivity contribution < 1.29 is 5.11 Å². The Bertz CT molecular complexity index is 371. The second-order valence-electron chi connectivity index (χ2n) is 3.75. The molecule has 1 aromatic carbocycles. The van der Waals surface area contributed by atoms with E-state index in [1.807, 2.05) is 13.8 Å². The molecule has 0 aromatic heterocycles. The van der Waals surface area contributed by atoms with Crippen LogP contribution in [0, 0.1) is 13.8 Å². The van der Waals surface area contributed by atoms with E-state index >= 15 is 0 Å². The van der Waals surface area contributed by atoms with Gasteiger partial charge in [-0.3, -0.25) is 0 Å². The summed E-state index contributed by atoms with van der Waals surface area (Å²) in [6, 6.07) is 1.52. The Balaban J connectivity index is 0.00000225. The Morgan fingerprint density at radius 1 is 1.44 bits per heavy atom. The molecule has 0 aliphatic heterocycles. The summed E-state index contributed by atoms with van der Waals surface area (Å²) in [5.74, 6) is 0.258. The van der Waals surface area contributed by atoms with Gasteiger partial charge in [0.25, 0.3) is 0 Å². The number of phenols is 1. The van der Waals surface area contributed by atoms with Crippen molar-refractivity contribution in [2.75, 3.05) is 6.54 Å². The molecule has 0 fully saturated rings. The van der Waals surface area contributed by atoms with Gasteiger partial charge >= 0.3 is 0 Å². The highest BCUT2D eigenvalue weighted by Crippen LogP contribution is 2.35. The zero-order valence-electron chi connectivity index (χ0n) is 9.46. The number of nitrogens with two attached hydrogens (primary N) is 2. The van der Waals surface area contributed by atoms with Crippen LogP contribution in [0.5, 0.6) is 5.75 Å². The normalized spacial score (nSPS) is 12.1. The van der Waals surface area contributed by atoms with E-state index in [9.17, 15) is 5.11 Å². The van der Waals surface area contributed by atoms with Gasteiger partial charge in [0.15, 0.2) is 0 Å². The number of phenolic OH excluding ortho intramolecular Hbond substituents is 1. The van der Waals surface area contributed by atoms with Crippen LogP contribution in [0.4, 0.5) is 0 Å². The van der Waals surface area contributed by atoms with Crippen molar-refractivity contribution >= 4 is 28.3 Å². The molecule has 0 spiro atoms. The van der Waals surface area contributed by atoms with Crippen molar-refractivity contribution in [1.29, 1.82) is 0 Å². The number of hydrogen-bond donors (Lipinski definition) is 3. The average Bonchev–Trinajstić information content (AvgIpc) is 2.15. The summed E-state index contributed by atoms with van der Waals surface area (Å²) >= 11 is 3.49. The van der Waals surface area contributed by atoms with Crippen molar-refractivity contribution in [2.45, 2.75) is 26.3 Å². The summed E-state index contributed by atoms with van der Waals surface area (Å²) in [6.45, 7) is 4.41. The Labute approximate surface area is 111 Å². The summed E-state index contributed by atoms with van der Waals surface area (Å²) in [7, 11) is 0. The van der Waals surface area contributed by atoms with E-state index in [1.54, 1.807) is 6.07 Å². The number of halogens is 2. The van der Waals surface area contributed by atoms with Crippen LogP contribution in [0.15, 0.2) is 10.5 Å². The second-order valence-corrected chi connectivity index (χ2v) is 4.54. The lowest BCUT2D eigenvalue weighted by Crippen LogP contribution is -2.17. The molecule has 0 bridgehead atoms. The van der Waals surface area contributed by atoms with E-state index in [-0.39, 0.29) is 24.2 Å². The summed E-state index contributed by atoms with van der Waals surface area (Å²) in [4.78, 5) is 0. The Morgan fingerprint density at radius 2 is 2.00 bits per heavy atom. The van der Waals surface area contributed by atoms with Gasteiger partial charge < -0.3 is 16.6 Å². The molecule has 0 unspecified atom stereocenters. The molecule has 5 N–H and O–H groups in total. The van der Waals surface area contributed by atoms with Gasteiger partial charge in [0.1, 0.15) is 5.75 Å². The molecule has 1 aromatic rings. The topological polar surface area (TPSA) is 72.3 Å². The fourth-order valence-corrected chi connectivity index (χ4v) is 2.07. The highest BCUT2D eigenvalue weighted by Gasteiger charge is 2.16. The van der Waals surface area contributed by atoms with Crippen LogP contribution >= 0.6 is 28.3 Å². The first-order chi connectivity index (χ1) is 6.99. The molecular formula is C11H18BrClN2O. The van der Waals surface area contributed by atoms with Gasteiger partial charge in [-0.1, -0.05) is 15.9 Å². The van der Waals surface area contributed by atoms with Crippen LogP contribution in [0.1, 0.15) is 29.2 Å². The third kappa shape index (κ3) is 3.10. The van der Waals surface area contributed by atoms with Crippen molar-refractivity contribution in [3.8, 4) is 5.75 Å². The molecule has 0 heterocycles. The summed E-state index contributed by atoms with van der Waals surface area (Å²) in [5.41, 5.74) is 14.2. The van der Waals surface area contributed by atoms with Crippen LogP contribution in [-0.2, 0) is 0 Å². The van der Waals surface area contributed by atoms with Gasteiger partial charge in [-0.15, -0.1) is 12.4 Å². The minimum atomic E-state index is -0.202. The molecule has 16 heavy (non-hydrogen) atoms. The minimum Gasteiger partial charge on any atom is -0.508 e. The molecule has 1 rings (SSSR count). The molecular weight excluding hydrogens is 291 g/mol. The van der Waals surface area contributed by atoms with Gasteiger partial charge in [0, 0.05) is 16.1 Å². The maximum absolute atomic E-state index is 9.85. The summed E-state index contributed by atoms with van der Waals surface area (Å²) in [6.07, 6.45) is 0.671. The van der Waals surface area contributed by atoms with Crippen LogP contribution in [-0.4, -0.2) is 11.7 Å². The Morgan fingerprint density at radius 3 is 2.50 bits per heavy atom. The maximum Gasteiger partial charge on any atom is 0.120 e. The number of aryl methyl sites for hydroxylation is 1. The second kappa shape index (κ2) is 6.45. The van der Waals surface area contributed by atoms with Gasteiger partial charge in [-0.2, -0.15) is 0 Å². The molecule has 5 heteroatoms. The molecule has 92 valence electrons. The van der Waals surface area contributed by atoms with E-state index in [2.05, 4.69) is 15.9 Å².